The average molecular weight is 248 g/mol. The minimum atomic E-state index is -0.972. The Morgan fingerprint density at radius 2 is 1.71 bits per heavy atom. The minimum absolute atomic E-state index is 0.286. The zero-order valence-corrected chi connectivity index (χ0v) is 9.94. The Bertz CT molecular complexity index is 572. The Morgan fingerprint density at radius 3 is 2.29 bits per heavy atom. The van der Waals surface area contributed by atoms with Gasteiger partial charge >= 0.3 is 0 Å². The van der Waals surface area contributed by atoms with Crippen LogP contribution in [-0.4, -0.2) is 15.6 Å². The fraction of sp³-hybridized carbons (Fsp3) is 0.0769. The maximum atomic E-state index is 11.6. The van der Waals surface area contributed by atoms with Crippen LogP contribution in [0.5, 0.6) is 0 Å². The third kappa shape index (κ3) is 2.15. The fourth-order valence-corrected chi connectivity index (χ4v) is 1.83. The first-order valence-electron chi connectivity index (χ1n) is 5.09. The molecule has 0 N–H and O–H groups in total. The summed E-state index contributed by atoms with van der Waals surface area (Å²) in [6, 6.07) is 12.7. The highest BCUT2D eigenvalue weighted by Crippen LogP contribution is 2.17. The van der Waals surface area contributed by atoms with Crippen LogP contribution in [0.2, 0.25) is 0 Å². The standard InChI is InChI=1S/C13H10ClNO2/c1-9-7-8-11(12(16)13(14)17)15(9)10-5-3-2-4-6-10/h2-8H,1H3. The highest BCUT2D eigenvalue weighted by atomic mass is 35.5. The third-order valence-electron chi connectivity index (χ3n) is 2.50. The molecular formula is C13H10ClNO2. The predicted octanol–water partition coefficient (Wildman–Crippen LogP) is 2.73. The van der Waals surface area contributed by atoms with E-state index in [1.54, 1.807) is 16.7 Å². The van der Waals surface area contributed by atoms with E-state index in [0.29, 0.717) is 0 Å². The second-order valence-corrected chi connectivity index (χ2v) is 3.98. The lowest BCUT2D eigenvalue weighted by Gasteiger charge is -2.09. The number of aryl methyl sites for hydroxylation is 1. The van der Waals surface area contributed by atoms with Crippen molar-refractivity contribution in [3.05, 3.63) is 53.9 Å². The van der Waals surface area contributed by atoms with Gasteiger partial charge in [0.25, 0.3) is 11.0 Å². The van der Waals surface area contributed by atoms with Gasteiger partial charge < -0.3 is 4.57 Å². The summed E-state index contributed by atoms with van der Waals surface area (Å²) in [5.41, 5.74) is 1.99. The molecule has 0 bridgehead atoms. The van der Waals surface area contributed by atoms with Crippen molar-refractivity contribution < 1.29 is 9.59 Å². The van der Waals surface area contributed by atoms with E-state index in [4.69, 9.17) is 11.6 Å². The predicted molar refractivity (Wildman–Crippen MR) is 65.7 cm³/mol. The van der Waals surface area contributed by atoms with Gasteiger partial charge in [-0.2, -0.15) is 0 Å². The maximum absolute atomic E-state index is 11.6. The van der Waals surface area contributed by atoms with Crippen molar-refractivity contribution in [2.24, 2.45) is 0 Å². The van der Waals surface area contributed by atoms with Crippen LogP contribution in [0.4, 0.5) is 0 Å². The Kier molecular flexibility index (Phi) is 3.11. The fourth-order valence-electron chi connectivity index (χ4n) is 1.74. The number of aromatic nitrogens is 1. The number of carbonyl (C=O) groups is 2. The number of rotatable bonds is 3. The van der Waals surface area contributed by atoms with Gasteiger partial charge in [0.2, 0.25) is 0 Å². The lowest BCUT2D eigenvalue weighted by atomic mass is 10.2. The molecule has 0 aliphatic carbocycles. The molecule has 1 aromatic carbocycles. The zero-order chi connectivity index (χ0) is 12.4. The van der Waals surface area contributed by atoms with Crippen LogP contribution in [0.1, 0.15) is 16.2 Å². The molecule has 2 aromatic rings. The normalized spacial score (nSPS) is 10.2. The van der Waals surface area contributed by atoms with Crippen molar-refractivity contribution in [1.82, 2.24) is 4.57 Å². The number of carbonyl (C=O) groups excluding carboxylic acids is 2. The molecule has 0 saturated carbocycles. The van der Waals surface area contributed by atoms with E-state index in [9.17, 15) is 9.59 Å². The van der Waals surface area contributed by atoms with Gasteiger partial charge in [-0.05, 0) is 42.8 Å². The van der Waals surface area contributed by atoms with Crippen molar-refractivity contribution in [3.8, 4) is 5.69 Å². The number of benzene rings is 1. The first kappa shape index (κ1) is 11.6. The summed E-state index contributed by atoms with van der Waals surface area (Å²) in [5, 5.41) is -0.972. The first-order valence-corrected chi connectivity index (χ1v) is 5.47. The van der Waals surface area contributed by atoms with Crippen molar-refractivity contribution in [1.29, 1.82) is 0 Å². The molecule has 0 fully saturated rings. The van der Waals surface area contributed by atoms with Gasteiger partial charge in [-0.25, -0.2) is 0 Å². The second-order valence-electron chi connectivity index (χ2n) is 3.63. The highest BCUT2D eigenvalue weighted by molar-refractivity contribution is 6.83. The SMILES string of the molecule is Cc1ccc(C(=O)C(=O)Cl)n1-c1ccccc1. The quantitative estimate of drug-likeness (QED) is 0.475. The molecule has 4 heteroatoms. The van der Waals surface area contributed by atoms with Crippen LogP contribution in [0.3, 0.4) is 0 Å². The number of para-hydroxylation sites is 1. The van der Waals surface area contributed by atoms with Crippen LogP contribution >= 0.6 is 11.6 Å². The third-order valence-corrected chi connectivity index (χ3v) is 2.67. The Balaban J connectivity index is 2.58. The summed E-state index contributed by atoms with van der Waals surface area (Å²) in [4.78, 5) is 22.6. The van der Waals surface area contributed by atoms with Crippen LogP contribution < -0.4 is 0 Å². The molecule has 17 heavy (non-hydrogen) atoms. The van der Waals surface area contributed by atoms with E-state index in [-0.39, 0.29) is 5.69 Å². The molecule has 0 atom stereocenters. The molecule has 3 nitrogen and oxygen atoms in total. The van der Waals surface area contributed by atoms with E-state index in [1.807, 2.05) is 37.3 Å². The van der Waals surface area contributed by atoms with E-state index in [2.05, 4.69) is 0 Å². The van der Waals surface area contributed by atoms with Gasteiger partial charge in [-0.15, -0.1) is 0 Å². The first-order chi connectivity index (χ1) is 8.11. The van der Waals surface area contributed by atoms with E-state index in [0.717, 1.165) is 11.4 Å². The monoisotopic (exact) mass is 247 g/mol. The zero-order valence-electron chi connectivity index (χ0n) is 9.18. The van der Waals surface area contributed by atoms with Crippen LogP contribution in [0.15, 0.2) is 42.5 Å². The van der Waals surface area contributed by atoms with Crippen molar-refractivity contribution >= 4 is 22.6 Å². The molecule has 0 saturated heterocycles. The number of Topliss-reactive ketones (excluding diaryl/α,β-unsaturated/α-hetero) is 1. The average Bonchev–Trinajstić information content (AvgIpc) is 2.71. The second kappa shape index (κ2) is 4.55. The van der Waals surface area contributed by atoms with Gasteiger partial charge in [-0.1, -0.05) is 18.2 Å². The van der Waals surface area contributed by atoms with Gasteiger partial charge in [-0.3, -0.25) is 9.59 Å². The topological polar surface area (TPSA) is 39.1 Å². The summed E-state index contributed by atoms with van der Waals surface area (Å²) >= 11 is 5.23. The number of nitrogens with zero attached hydrogens (tertiary/aromatic N) is 1. The molecule has 0 radical (unpaired) electrons. The lowest BCUT2D eigenvalue weighted by molar-refractivity contribution is -0.108. The maximum Gasteiger partial charge on any atom is 0.294 e. The van der Waals surface area contributed by atoms with E-state index < -0.39 is 11.0 Å². The smallest absolute Gasteiger partial charge is 0.294 e. The van der Waals surface area contributed by atoms with Crippen LogP contribution in [0.25, 0.3) is 5.69 Å². The molecule has 0 aliphatic rings. The van der Waals surface area contributed by atoms with Crippen LogP contribution in [-0.2, 0) is 4.79 Å². The van der Waals surface area contributed by atoms with E-state index >= 15 is 0 Å². The summed E-state index contributed by atoms with van der Waals surface area (Å²) in [5.74, 6) is -0.691. The van der Waals surface area contributed by atoms with Crippen molar-refractivity contribution in [2.75, 3.05) is 0 Å². The number of ketones is 1. The molecule has 0 unspecified atom stereocenters. The molecule has 0 aliphatic heterocycles. The van der Waals surface area contributed by atoms with Crippen molar-refractivity contribution in [2.45, 2.75) is 6.92 Å². The summed E-state index contributed by atoms with van der Waals surface area (Å²) in [7, 11) is 0. The van der Waals surface area contributed by atoms with Crippen molar-refractivity contribution in [3.63, 3.8) is 0 Å². The highest BCUT2D eigenvalue weighted by Gasteiger charge is 2.19. The lowest BCUT2D eigenvalue weighted by Crippen LogP contribution is -2.13. The Morgan fingerprint density at radius 1 is 1.06 bits per heavy atom. The molecule has 2 rings (SSSR count). The van der Waals surface area contributed by atoms with Gasteiger partial charge in [0.05, 0.1) is 5.69 Å². The molecule has 1 heterocycles. The molecule has 0 spiro atoms. The van der Waals surface area contributed by atoms with Gasteiger partial charge in [0.15, 0.2) is 0 Å². The van der Waals surface area contributed by atoms with Gasteiger partial charge in [0.1, 0.15) is 0 Å². The number of halogens is 1. The molecule has 86 valence electrons. The minimum Gasteiger partial charge on any atom is -0.311 e. The summed E-state index contributed by atoms with van der Waals surface area (Å²) in [6.07, 6.45) is 0. The Labute approximate surface area is 104 Å². The number of hydrogen-bond donors (Lipinski definition) is 0. The summed E-state index contributed by atoms with van der Waals surface area (Å²) < 4.78 is 1.71. The van der Waals surface area contributed by atoms with Crippen LogP contribution in [0, 0.1) is 6.92 Å². The largest absolute Gasteiger partial charge is 0.311 e. The number of hydrogen-bond acceptors (Lipinski definition) is 2. The molecule has 1 aromatic heterocycles. The Hall–Kier alpha value is -1.87. The molecule has 0 amide bonds. The van der Waals surface area contributed by atoms with Gasteiger partial charge in [0, 0.05) is 11.4 Å². The van der Waals surface area contributed by atoms with E-state index in [1.165, 1.54) is 0 Å². The molecular weight excluding hydrogens is 238 g/mol. The summed E-state index contributed by atoms with van der Waals surface area (Å²) in [6.45, 7) is 1.86.